The number of nitrogens with one attached hydrogen (secondary N) is 4. The van der Waals surface area contributed by atoms with Crippen molar-refractivity contribution in [2.75, 3.05) is 51.5 Å². The average molecular weight is 494 g/mol. The Morgan fingerprint density at radius 1 is 1.06 bits per heavy atom. The zero-order chi connectivity index (χ0) is 26.2. The lowest BCUT2D eigenvalue weighted by Crippen LogP contribution is -2.33. The minimum atomic E-state index is -0.194. The van der Waals surface area contributed by atoms with Crippen LogP contribution in [0.2, 0.25) is 0 Å². The van der Waals surface area contributed by atoms with Crippen LogP contribution in [0.25, 0.3) is 0 Å². The summed E-state index contributed by atoms with van der Waals surface area (Å²) in [5, 5.41) is 13.5. The van der Waals surface area contributed by atoms with Crippen molar-refractivity contribution >= 4 is 11.4 Å². The molecule has 4 N–H and O–H groups in total. The maximum atomic E-state index is 14.2. The predicted molar refractivity (Wildman–Crippen MR) is 154 cm³/mol. The molecule has 196 valence electrons. The van der Waals surface area contributed by atoms with E-state index in [0.717, 1.165) is 43.6 Å². The van der Waals surface area contributed by atoms with Gasteiger partial charge in [0.1, 0.15) is 5.82 Å². The number of anilines is 2. The highest BCUT2D eigenvalue weighted by molar-refractivity contribution is 5.52. The van der Waals surface area contributed by atoms with Crippen molar-refractivity contribution in [3.8, 4) is 0 Å². The third-order valence-corrected chi connectivity index (χ3v) is 6.06. The topological polar surface area (TPSA) is 51.4 Å². The minimum Gasteiger partial charge on any atom is -0.394 e. The van der Waals surface area contributed by atoms with Crippen LogP contribution in [-0.2, 0) is 13.0 Å². The monoisotopic (exact) mass is 493 g/mol. The molecule has 0 aliphatic carbocycles. The van der Waals surface area contributed by atoms with Crippen molar-refractivity contribution in [3.05, 3.63) is 95.5 Å². The zero-order valence-corrected chi connectivity index (χ0v) is 22.6. The number of hydrogen-bond acceptors (Lipinski definition) is 5. The van der Waals surface area contributed by atoms with Gasteiger partial charge in [-0.1, -0.05) is 30.4 Å². The molecule has 1 atom stereocenters. The average Bonchev–Trinajstić information content (AvgIpc) is 2.88. The van der Waals surface area contributed by atoms with Gasteiger partial charge in [-0.15, -0.1) is 0 Å². The maximum absolute atomic E-state index is 14.2. The van der Waals surface area contributed by atoms with Gasteiger partial charge in [0.2, 0.25) is 0 Å². The molecular weight excluding hydrogens is 449 g/mol. The first-order valence-corrected chi connectivity index (χ1v) is 12.8. The molecule has 5 nitrogen and oxygen atoms in total. The summed E-state index contributed by atoms with van der Waals surface area (Å²) in [7, 11) is 7.94. The number of halogens is 1. The van der Waals surface area contributed by atoms with Crippen LogP contribution in [0.15, 0.2) is 78.5 Å². The van der Waals surface area contributed by atoms with Gasteiger partial charge in [0.15, 0.2) is 0 Å². The largest absolute Gasteiger partial charge is 0.394 e. The van der Waals surface area contributed by atoms with Crippen LogP contribution in [0.3, 0.4) is 0 Å². The molecule has 0 aromatic heterocycles. The van der Waals surface area contributed by atoms with E-state index in [2.05, 4.69) is 68.7 Å². The molecule has 2 aromatic carbocycles. The quantitative estimate of drug-likeness (QED) is 0.241. The summed E-state index contributed by atoms with van der Waals surface area (Å²) < 4.78 is 14.2. The molecule has 0 aliphatic rings. The smallest absolute Gasteiger partial charge is 0.123 e. The van der Waals surface area contributed by atoms with Crippen molar-refractivity contribution in [1.82, 2.24) is 16.0 Å². The fourth-order valence-electron chi connectivity index (χ4n) is 3.97. The number of nitrogens with zero attached hydrogens (tertiary/aromatic N) is 1. The number of rotatable bonds is 16. The molecule has 0 saturated carbocycles. The Bertz CT molecular complexity index is 979. The predicted octanol–water partition coefficient (Wildman–Crippen LogP) is 5.24. The lowest BCUT2D eigenvalue weighted by Gasteiger charge is -2.20. The van der Waals surface area contributed by atoms with E-state index >= 15 is 0 Å². The van der Waals surface area contributed by atoms with Crippen LogP contribution in [0.4, 0.5) is 15.8 Å². The van der Waals surface area contributed by atoms with Crippen molar-refractivity contribution in [2.24, 2.45) is 0 Å². The van der Waals surface area contributed by atoms with Gasteiger partial charge in [0.25, 0.3) is 0 Å². The van der Waals surface area contributed by atoms with Crippen molar-refractivity contribution < 1.29 is 4.39 Å². The van der Waals surface area contributed by atoms with Gasteiger partial charge >= 0.3 is 0 Å². The molecule has 2 rings (SSSR count). The fraction of sp³-hybridized carbons (Fsp3) is 0.400. The highest BCUT2D eigenvalue weighted by atomic mass is 19.1. The summed E-state index contributed by atoms with van der Waals surface area (Å²) in [6.45, 7) is 4.44. The van der Waals surface area contributed by atoms with Crippen LogP contribution < -0.4 is 26.2 Å². The summed E-state index contributed by atoms with van der Waals surface area (Å²) in [6.07, 6.45) is 12.9. The van der Waals surface area contributed by atoms with Gasteiger partial charge in [0, 0.05) is 51.6 Å². The van der Waals surface area contributed by atoms with E-state index in [1.807, 2.05) is 53.5 Å². The van der Waals surface area contributed by atoms with Crippen LogP contribution >= 0.6 is 0 Å². The molecule has 6 heteroatoms. The Morgan fingerprint density at radius 2 is 1.83 bits per heavy atom. The van der Waals surface area contributed by atoms with E-state index in [1.54, 1.807) is 6.07 Å². The molecule has 0 bridgehead atoms. The van der Waals surface area contributed by atoms with Gasteiger partial charge in [-0.3, -0.25) is 0 Å². The Morgan fingerprint density at radius 3 is 2.50 bits per heavy atom. The van der Waals surface area contributed by atoms with E-state index < -0.39 is 0 Å². The molecule has 1 unspecified atom stereocenters. The number of allylic oxidation sites excluding steroid dienone is 3. The second-order valence-electron chi connectivity index (χ2n) is 9.11. The second-order valence-corrected chi connectivity index (χ2v) is 9.11. The maximum Gasteiger partial charge on any atom is 0.123 e. The number of benzene rings is 2. The molecule has 0 amide bonds. The first kappa shape index (κ1) is 29.1. The fourth-order valence-corrected chi connectivity index (χ4v) is 3.97. The van der Waals surface area contributed by atoms with Crippen LogP contribution in [0.1, 0.15) is 30.9 Å². The first-order valence-electron chi connectivity index (χ1n) is 12.8. The second kappa shape index (κ2) is 16.6. The van der Waals surface area contributed by atoms with E-state index in [0.29, 0.717) is 12.6 Å². The van der Waals surface area contributed by atoms with Crippen LogP contribution in [0.5, 0.6) is 0 Å². The van der Waals surface area contributed by atoms with Gasteiger partial charge in [-0.25, -0.2) is 4.39 Å². The van der Waals surface area contributed by atoms with E-state index in [4.69, 9.17) is 0 Å². The summed E-state index contributed by atoms with van der Waals surface area (Å²) in [4.78, 5) is 2.09. The molecule has 0 saturated heterocycles. The summed E-state index contributed by atoms with van der Waals surface area (Å²) >= 11 is 0. The Labute approximate surface area is 217 Å². The third kappa shape index (κ3) is 10.7. The van der Waals surface area contributed by atoms with Gasteiger partial charge in [-0.2, -0.15) is 0 Å². The molecule has 36 heavy (non-hydrogen) atoms. The van der Waals surface area contributed by atoms with Crippen LogP contribution in [0, 0.1) is 5.82 Å². The molecule has 2 aromatic rings. The minimum absolute atomic E-state index is 0.194. The number of hydrogen-bond donors (Lipinski definition) is 4. The molecule has 0 heterocycles. The van der Waals surface area contributed by atoms with Crippen LogP contribution in [-0.4, -0.2) is 47.3 Å². The van der Waals surface area contributed by atoms with Gasteiger partial charge in [-0.05, 0) is 99.1 Å². The SMILES string of the molecule is C\C=C/C(=C\C=C\NC)CNC(CCNC)CCc1cc(F)ccc1NCc1ccc(N(C)C)cc1. The highest BCUT2D eigenvalue weighted by Crippen LogP contribution is 2.21. The molecule has 0 spiro atoms. The normalized spacial score (nSPS) is 12.9. The van der Waals surface area contributed by atoms with Gasteiger partial charge < -0.3 is 26.2 Å². The number of aryl methyl sites for hydroxylation is 1. The van der Waals surface area contributed by atoms with Gasteiger partial charge in [0.05, 0.1) is 0 Å². The standard InChI is InChI=1S/C30H44FN5/c1-6-8-24(9-7-19-32-2)22-34-28(18-20-33-3)14-12-26-21-27(31)13-17-30(26)35-23-25-10-15-29(16-11-25)36(4)5/h6-11,13,15-17,19,21,28,32-35H,12,14,18,20,22-23H2,1-5H3/b8-6-,19-7+,24-9+. The Hall–Kier alpha value is -3.09. The first-order chi connectivity index (χ1) is 17.5. The summed E-state index contributed by atoms with van der Waals surface area (Å²) in [5.74, 6) is -0.194. The van der Waals surface area contributed by atoms with Crippen molar-refractivity contribution in [3.63, 3.8) is 0 Å². The van der Waals surface area contributed by atoms with E-state index in [-0.39, 0.29) is 5.82 Å². The lowest BCUT2D eigenvalue weighted by molar-refractivity contribution is 0.462. The zero-order valence-electron chi connectivity index (χ0n) is 22.6. The molecular formula is C30H44FN5. The lowest BCUT2D eigenvalue weighted by atomic mass is 10.0. The third-order valence-electron chi connectivity index (χ3n) is 6.06. The molecule has 0 aliphatic heterocycles. The molecule has 0 radical (unpaired) electrons. The van der Waals surface area contributed by atoms with Crippen molar-refractivity contribution in [1.29, 1.82) is 0 Å². The Balaban J connectivity index is 2.04. The Kier molecular flexibility index (Phi) is 13.4. The van der Waals surface area contributed by atoms with E-state index in [1.165, 1.54) is 22.9 Å². The summed E-state index contributed by atoms with van der Waals surface area (Å²) in [6, 6.07) is 13.9. The van der Waals surface area contributed by atoms with Crippen molar-refractivity contribution in [2.45, 2.75) is 38.8 Å². The van der Waals surface area contributed by atoms with E-state index in [9.17, 15) is 4.39 Å². The molecule has 0 fully saturated rings. The highest BCUT2D eigenvalue weighted by Gasteiger charge is 2.12. The summed E-state index contributed by atoms with van der Waals surface area (Å²) in [5.41, 5.74) is 5.59.